The summed E-state index contributed by atoms with van der Waals surface area (Å²) >= 11 is 1.27. The Bertz CT molecular complexity index is 530. The molecule has 1 aromatic carbocycles. The number of nitrogens with one attached hydrogen (secondary N) is 2. The number of Topliss-reactive ketones (excluding diaryl/α,β-unsaturated/α-hetero) is 1. The van der Waals surface area contributed by atoms with Gasteiger partial charge in [0.2, 0.25) is 5.91 Å². The van der Waals surface area contributed by atoms with Crippen LogP contribution in [0, 0.1) is 5.82 Å². The zero-order chi connectivity index (χ0) is 15.2. The molecule has 1 fully saturated rings. The molecule has 21 heavy (non-hydrogen) atoms. The highest BCUT2D eigenvalue weighted by molar-refractivity contribution is 8.00. The quantitative estimate of drug-likeness (QED) is 0.645. The Labute approximate surface area is 127 Å². The van der Waals surface area contributed by atoms with Gasteiger partial charge in [0, 0.05) is 17.5 Å². The molecule has 2 rings (SSSR count). The molecular weight excluding hydrogens is 291 g/mol. The van der Waals surface area contributed by atoms with Crippen molar-refractivity contribution < 1.29 is 14.0 Å². The Morgan fingerprint density at radius 1 is 1.48 bits per heavy atom. The van der Waals surface area contributed by atoms with Crippen molar-refractivity contribution in [2.24, 2.45) is 0 Å². The van der Waals surface area contributed by atoms with Gasteiger partial charge in [0.05, 0.1) is 11.3 Å². The predicted molar refractivity (Wildman–Crippen MR) is 81.2 cm³/mol. The highest BCUT2D eigenvalue weighted by atomic mass is 32.2. The zero-order valence-electron chi connectivity index (χ0n) is 11.9. The van der Waals surface area contributed by atoms with Crippen molar-refractivity contribution in [2.75, 3.05) is 18.8 Å². The number of benzene rings is 1. The molecule has 0 spiro atoms. The predicted octanol–water partition coefficient (Wildman–Crippen LogP) is 1.99. The molecule has 1 aliphatic heterocycles. The van der Waals surface area contributed by atoms with E-state index in [4.69, 9.17) is 0 Å². The van der Waals surface area contributed by atoms with Gasteiger partial charge in [-0.3, -0.25) is 9.59 Å². The van der Waals surface area contributed by atoms with Crippen LogP contribution in [0.25, 0.3) is 0 Å². The van der Waals surface area contributed by atoms with Crippen molar-refractivity contribution in [2.45, 2.75) is 30.7 Å². The Morgan fingerprint density at radius 2 is 2.29 bits per heavy atom. The number of halogens is 1. The van der Waals surface area contributed by atoms with E-state index in [9.17, 15) is 14.0 Å². The average molecular weight is 310 g/mol. The fourth-order valence-electron chi connectivity index (χ4n) is 2.26. The third-order valence-corrected chi connectivity index (χ3v) is 4.35. The van der Waals surface area contributed by atoms with Crippen LogP contribution in [0.5, 0.6) is 0 Å². The Balaban J connectivity index is 1.83. The lowest BCUT2D eigenvalue weighted by Gasteiger charge is -2.23. The van der Waals surface area contributed by atoms with Crippen LogP contribution in [0.1, 0.15) is 30.1 Å². The van der Waals surface area contributed by atoms with Crippen LogP contribution >= 0.6 is 11.8 Å². The summed E-state index contributed by atoms with van der Waals surface area (Å²) in [6.07, 6.45) is 2.06. The molecule has 1 atom stereocenters. The van der Waals surface area contributed by atoms with Gasteiger partial charge in [-0.25, -0.2) is 4.39 Å². The maximum Gasteiger partial charge on any atom is 0.230 e. The van der Waals surface area contributed by atoms with Crippen molar-refractivity contribution in [1.82, 2.24) is 10.6 Å². The molecule has 0 aliphatic carbocycles. The first-order valence-electron chi connectivity index (χ1n) is 6.99. The Kier molecular flexibility index (Phi) is 5.76. The second kappa shape index (κ2) is 7.56. The van der Waals surface area contributed by atoms with E-state index in [1.54, 1.807) is 6.07 Å². The number of carbonyl (C=O) groups is 2. The lowest BCUT2D eigenvalue weighted by atomic mass is 10.1. The number of rotatable bonds is 5. The van der Waals surface area contributed by atoms with Gasteiger partial charge in [-0.2, -0.15) is 0 Å². The molecule has 1 saturated heterocycles. The lowest BCUT2D eigenvalue weighted by molar-refractivity contribution is -0.119. The van der Waals surface area contributed by atoms with Crippen LogP contribution in [-0.2, 0) is 4.79 Å². The summed E-state index contributed by atoms with van der Waals surface area (Å²) in [5.41, 5.74) is 0.0806. The summed E-state index contributed by atoms with van der Waals surface area (Å²) in [5, 5.41) is 6.20. The van der Waals surface area contributed by atoms with E-state index in [-0.39, 0.29) is 29.0 Å². The van der Waals surface area contributed by atoms with Gasteiger partial charge in [0.15, 0.2) is 5.78 Å². The number of hydrogen-bond acceptors (Lipinski definition) is 4. The van der Waals surface area contributed by atoms with Gasteiger partial charge in [-0.1, -0.05) is 0 Å². The molecular formula is C15H19FN2O2S. The summed E-state index contributed by atoms with van der Waals surface area (Å²) in [6.45, 7) is 3.14. The number of ketones is 1. The molecule has 6 heteroatoms. The van der Waals surface area contributed by atoms with Crippen LogP contribution in [-0.4, -0.2) is 36.6 Å². The van der Waals surface area contributed by atoms with E-state index >= 15 is 0 Å². The van der Waals surface area contributed by atoms with Gasteiger partial charge in [-0.05, 0) is 44.5 Å². The topological polar surface area (TPSA) is 58.2 Å². The number of thioether (sulfide) groups is 1. The summed E-state index contributed by atoms with van der Waals surface area (Å²) in [6, 6.07) is 4.61. The smallest absolute Gasteiger partial charge is 0.230 e. The van der Waals surface area contributed by atoms with Crippen LogP contribution in [0.3, 0.4) is 0 Å². The summed E-state index contributed by atoms with van der Waals surface area (Å²) in [4.78, 5) is 23.6. The Hall–Kier alpha value is -1.40. The third-order valence-electron chi connectivity index (χ3n) is 3.35. The maximum absolute atomic E-state index is 13.7. The molecule has 4 nitrogen and oxygen atoms in total. The van der Waals surface area contributed by atoms with E-state index in [1.807, 2.05) is 0 Å². The van der Waals surface area contributed by atoms with Gasteiger partial charge in [-0.15, -0.1) is 11.8 Å². The first kappa shape index (κ1) is 16.0. The lowest BCUT2D eigenvalue weighted by Crippen LogP contribution is -2.46. The molecule has 0 bridgehead atoms. The van der Waals surface area contributed by atoms with E-state index in [2.05, 4.69) is 10.6 Å². The highest BCUT2D eigenvalue weighted by Gasteiger charge is 2.15. The molecule has 0 saturated carbocycles. The van der Waals surface area contributed by atoms with Crippen molar-refractivity contribution in [3.8, 4) is 0 Å². The van der Waals surface area contributed by atoms with Crippen LogP contribution < -0.4 is 10.6 Å². The monoisotopic (exact) mass is 310 g/mol. The zero-order valence-corrected chi connectivity index (χ0v) is 12.8. The fourth-order valence-corrected chi connectivity index (χ4v) is 3.00. The largest absolute Gasteiger partial charge is 0.351 e. The third kappa shape index (κ3) is 4.82. The van der Waals surface area contributed by atoms with Gasteiger partial charge in [0.1, 0.15) is 5.82 Å². The second-order valence-corrected chi connectivity index (χ2v) is 6.15. The minimum Gasteiger partial charge on any atom is -0.351 e. The standard InChI is InChI=1S/C15H19FN2O2S/c1-10(19)13-5-4-12(7-14(13)16)21-9-15(20)18-11-3-2-6-17-8-11/h4-5,7,11,17H,2-3,6,8-9H2,1H3,(H,18,20)/t11-/m0/s1. The second-order valence-electron chi connectivity index (χ2n) is 5.10. The average Bonchev–Trinajstić information content (AvgIpc) is 2.46. The SMILES string of the molecule is CC(=O)c1ccc(SCC(=O)N[C@H]2CCCNC2)cc1F. The summed E-state index contributed by atoms with van der Waals surface area (Å²) in [5.74, 6) is -0.643. The van der Waals surface area contributed by atoms with Gasteiger partial charge in [0.25, 0.3) is 0 Å². The van der Waals surface area contributed by atoms with Crippen molar-refractivity contribution in [3.05, 3.63) is 29.6 Å². The molecule has 0 radical (unpaired) electrons. The van der Waals surface area contributed by atoms with E-state index < -0.39 is 5.82 Å². The molecule has 2 N–H and O–H groups in total. The minimum absolute atomic E-state index is 0.0512. The number of piperidine rings is 1. The van der Waals surface area contributed by atoms with Gasteiger partial charge >= 0.3 is 0 Å². The van der Waals surface area contributed by atoms with Crippen molar-refractivity contribution in [3.63, 3.8) is 0 Å². The molecule has 0 unspecified atom stereocenters. The number of hydrogen-bond donors (Lipinski definition) is 2. The molecule has 114 valence electrons. The van der Waals surface area contributed by atoms with Crippen molar-refractivity contribution in [1.29, 1.82) is 0 Å². The van der Waals surface area contributed by atoms with E-state index in [0.717, 1.165) is 25.9 Å². The number of carbonyl (C=O) groups excluding carboxylic acids is 2. The van der Waals surface area contributed by atoms with Crippen LogP contribution in [0.4, 0.5) is 4.39 Å². The van der Waals surface area contributed by atoms with E-state index in [0.29, 0.717) is 4.90 Å². The highest BCUT2D eigenvalue weighted by Crippen LogP contribution is 2.21. The first-order chi connectivity index (χ1) is 10.1. The molecule has 1 aliphatic rings. The normalized spacial score (nSPS) is 18.3. The first-order valence-corrected chi connectivity index (χ1v) is 7.98. The van der Waals surface area contributed by atoms with Crippen molar-refractivity contribution >= 4 is 23.5 Å². The summed E-state index contributed by atoms with van der Waals surface area (Å²) < 4.78 is 13.7. The summed E-state index contributed by atoms with van der Waals surface area (Å²) in [7, 11) is 0. The molecule has 1 amide bonds. The molecule has 1 heterocycles. The molecule has 0 aromatic heterocycles. The van der Waals surface area contributed by atoms with E-state index in [1.165, 1.54) is 30.8 Å². The Morgan fingerprint density at radius 3 is 2.90 bits per heavy atom. The van der Waals surface area contributed by atoms with Crippen LogP contribution in [0.2, 0.25) is 0 Å². The minimum atomic E-state index is -0.538. The fraction of sp³-hybridized carbons (Fsp3) is 0.467. The maximum atomic E-state index is 13.7. The number of amides is 1. The van der Waals surface area contributed by atoms with Crippen LogP contribution in [0.15, 0.2) is 23.1 Å². The molecule has 1 aromatic rings. The van der Waals surface area contributed by atoms with Gasteiger partial charge < -0.3 is 10.6 Å².